The van der Waals surface area contributed by atoms with E-state index in [1.54, 1.807) is 11.9 Å². The number of halogens is 1. The molecule has 1 aromatic rings. The molecule has 1 fully saturated rings. The monoisotopic (exact) mass is 352 g/mol. The number of hydrogen-bond donors (Lipinski definition) is 0. The maximum absolute atomic E-state index is 12.9. The lowest BCUT2D eigenvalue weighted by atomic mass is 9.88. The lowest BCUT2D eigenvalue weighted by molar-refractivity contribution is -0.145. The highest BCUT2D eigenvalue weighted by molar-refractivity contribution is 9.10. The first-order valence-corrected chi connectivity index (χ1v) is 7.84. The number of carbonyl (C=O) groups is 2. The molecule has 2 amide bonds. The Morgan fingerprint density at radius 2 is 1.90 bits per heavy atom. The van der Waals surface area contributed by atoms with Gasteiger partial charge in [0.15, 0.2) is 0 Å². The molecule has 1 heterocycles. The molecule has 0 saturated carbocycles. The zero-order chi connectivity index (χ0) is 15.8. The molecule has 0 N–H and O–H groups in total. The van der Waals surface area contributed by atoms with Gasteiger partial charge in [-0.05, 0) is 28.1 Å². The number of carbonyl (C=O) groups excluding carboxylic acids is 2. The quantitative estimate of drug-likeness (QED) is 0.778. The average molecular weight is 353 g/mol. The van der Waals surface area contributed by atoms with Gasteiger partial charge in [-0.1, -0.05) is 32.9 Å². The van der Waals surface area contributed by atoms with E-state index in [1.807, 2.05) is 49.9 Å². The largest absolute Gasteiger partial charge is 0.325 e. The lowest BCUT2D eigenvalue weighted by Gasteiger charge is -2.48. The minimum absolute atomic E-state index is 0.0400. The summed E-state index contributed by atoms with van der Waals surface area (Å²) in [5, 5.41) is 0. The van der Waals surface area contributed by atoms with Crippen molar-refractivity contribution in [1.29, 1.82) is 0 Å². The Bertz CT molecular complexity index is 566. The van der Waals surface area contributed by atoms with Crippen molar-refractivity contribution in [1.82, 2.24) is 9.80 Å². The third-order valence-corrected chi connectivity index (χ3v) is 4.45. The van der Waals surface area contributed by atoms with Gasteiger partial charge < -0.3 is 9.80 Å². The van der Waals surface area contributed by atoms with E-state index in [0.717, 1.165) is 4.47 Å². The van der Waals surface area contributed by atoms with Crippen molar-refractivity contribution in [3.05, 3.63) is 34.3 Å². The minimum Gasteiger partial charge on any atom is -0.325 e. The summed E-state index contributed by atoms with van der Waals surface area (Å²) in [7, 11) is 1.78. The molecule has 1 aliphatic heterocycles. The molecule has 1 aliphatic rings. The standard InChI is InChI=1S/C16H21BrN2O2/c1-16(2,3)15-18(4)13(20)9-10-19(15)14(21)11-7-5-6-8-12(11)17/h5-8,15H,9-10H2,1-4H3. The van der Waals surface area contributed by atoms with Gasteiger partial charge in [-0.2, -0.15) is 0 Å². The normalized spacial score (nSPS) is 19.9. The maximum Gasteiger partial charge on any atom is 0.256 e. The number of hydrogen-bond acceptors (Lipinski definition) is 2. The van der Waals surface area contributed by atoms with Crippen LogP contribution < -0.4 is 0 Å². The molecule has 0 spiro atoms. The van der Waals surface area contributed by atoms with E-state index in [9.17, 15) is 9.59 Å². The summed E-state index contributed by atoms with van der Waals surface area (Å²) < 4.78 is 0.780. The summed E-state index contributed by atoms with van der Waals surface area (Å²) in [6.45, 7) is 6.61. The molecule has 1 saturated heterocycles. The highest BCUT2D eigenvalue weighted by Gasteiger charge is 2.42. The molecule has 4 nitrogen and oxygen atoms in total. The molecule has 0 aliphatic carbocycles. The average Bonchev–Trinajstić information content (AvgIpc) is 2.40. The number of amides is 2. The van der Waals surface area contributed by atoms with Gasteiger partial charge in [0.25, 0.3) is 5.91 Å². The topological polar surface area (TPSA) is 40.6 Å². The van der Waals surface area contributed by atoms with Crippen molar-refractivity contribution in [3.63, 3.8) is 0 Å². The first kappa shape index (κ1) is 16.0. The van der Waals surface area contributed by atoms with Crippen LogP contribution in [0.4, 0.5) is 0 Å². The van der Waals surface area contributed by atoms with Crippen LogP contribution in [-0.4, -0.2) is 41.4 Å². The molecular weight excluding hydrogens is 332 g/mol. The van der Waals surface area contributed by atoms with E-state index in [2.05, 4.69) is 15.9 Å². The van der Waals surface area contributed by atoms with E-state index < -0.39 is 0 Å². The molecule has 2 rings (SSSR count). The summed E-state index contributed by atoms with van der Waals surface area (Å²) in [5.74, 6) is 0.0489. The molecule has 114 valence electrons. The van der Waals surface area contributed by atoms with E-state index in [1.165, 1.54) is 0 Å². The number of nitrogens with zero attached hydrogens (tertiary/aromatic N) is 2. The van der Waals surface area contributed by atoms with Crippen molar-refractivity contribution in [3.8, 4) is 0 Å². The molecular formula is C16H21BrN2O2. The maximum atomic E-state index is 12.9. The predicted molar refractivity (Wildman–Crippen MR) is 85.8 cm³/mol. The van der Waals surface area contributed by atoms with Gasteiger partial charge in [0.05, 0.1) is 5.56 Å². The smallest absolute Gasteiger partial charge is 0.256 e. The van der Waals surface area contributed by atoms with Gasteiger partial charge in [-0.15, -0.1) is 0 Å². The van der Waals surface area contributed by atoms with Crippen LogP contribution in [-0.2, 0) is 4.79 Å². The van der Waals surface area contributed by atoms with E-state index >= 15 is 0 Å². The van der Waals surface area contributed by atoms with E-state index in [4.69, 9.17) is 0 Å². The fraction of sp³-hybridized carbons (Fsp3) is 0.500. The Kier molecular flexibility index (Phi) is 4.42. The Labute approximate surface area is 134 Å². The molecule has 0 bridgehead atoms. The van der Waals surface area contributed by atoms with Gasteiger partial charge in [0.1, 0.15) is 6.17 Å². The highest BCUT2D eigenvalue weighted by Crippen LogP contribution is 2.32. The molecule has 1 aromatic carbocycles. The fourth-order valence-corrected chi connectivity index (χ4v) is 3.37. The summed E-state index contributed by atoms with van der Waals surface area (Å²) in [5.41, 5.74) is 0.427. The van der Waals surface area contributed by atoms with Gasteiger partial charge in [-0.25, -0.2) is 0 Å². The first-order valence-electron chi connectivity index (χ1n) is 7.04. The summed E-state index contributed by atoms with van der Waals surface area (Å²) in [4.78, 5) is 28.4. The van der Waals surface area contributed by atoms with Crippen LogP contribution in [0.5, 0.6) is 0 Å². The molecule has 5 heteroatoms. The second-order valence-electron chi connectivity index (χ2n) is 6.47. The van der Waals surface area contributed by atoms with Crippen LogP contribution in [0.2, 0.25) is 0 Å². The van der Waals surface area contributed by atoms with Crippen molar-refractivity contribution in [2.45, 2.75) is 33.4 Å². The van der Waals surface area contributed by atoms with Crippen LogP contribution in [0.15, 0.2) is 28.7 Å². The van der Waals surface area contributed by atoms with Crippen molar-refractivity contribution in [2.75, 3.05) is 13.6 Å². The van der Waals surface area contributed by atoms with Crippen molar-refractivity contribution >= 4 is 27.7 Å². The molecule has 1 atom stereocenters. The van der Waals surface area contributed by atoms with Gasteiger partial charge in [0, 0.05) is 29.9 Å². The molecule has 1 unspecified atom stereocenters. The fourth-order valence-electron chi connectivity index (χ4n) is 2.91. The predicted octanol–water partition coefficient (Wildman–Crippen LogP) is 3.13. The van der Waals surface area contributed by atoms with Crippen molar-refractivity contribution in [2.24, 2.45) is 5.41 Å². The zero-order valence-electron chi connectivity index (χ0n) is 12.9. The molecule has 21 heavy (non-hydrogen) atoms. The van der Waals surface area contributed by atoms with Gasteiger partial charge >= 0.3 is 0 Å². The first-order chi connectivity index (χ1) is 9.73. The van der Waals surface area contributed by atoms with Gasteiger partial charge in [0.2, 0.25) is 5.91 Å². The minimum atomic E-state index is -0.238. The van der Waals surface area contributed by atoms with Gasteiger partial charge in [-0.3, -0.25) is 9.59 Å². The Morgan fingerprint density at radius 3 is 2.48 bits per heavy atom. The number of benzene rings is 1. The second kappa shape index (κ2) is 5.79. The Hall–Kier alpha value is -1.36. The zero-order valence-corrected chi connectivity index (χ0v) is 14.5. The van der Waals surface area contributed by atoms with Crippen LogP contribution in [0.3, 0.4) is 0 Å². The Balaban J connectivity index is 2.39. The third-order valence-electron chi connectivity index (χ3n) is 3.76. The van der Waals surface area contributed by atoms with E-state index in [-0.39, 0.29) is 23.4 Å². The van der Waals surface area contributed by atoms with Crippen LogP contribution in [0.25, 0.3) is 0 Å². The summed E-state index contributed by atoms with van der Waals surface area (Å²) >= 11 is 3.43. The number of rotatable bonds is 1. The second-order valence-corrected chi connectivity index (χ2v) is 7.33. The highest BCUT2D eigenvalue weighted by atomic mass is 79.9. The van der Waals surface area contributed by atoms with Crippen molar-refractivity contribution < 1.29 is 9.59 Å². The summed E-state index contributed by atoms with van der Waals surface area (Å²) in [6, 6.07) is 7.40. The van der Waals surface area contributed by atoms with Crippen LogP contribution >= 0.6 is 15.9 Å². The molecule has 0 aromatic heterocycles. The molecule has 0 radical (unpaired) electrons. The third kappa shape index (κ3) is 3.12. The van der Waals surface area contributed by atoms with E-state index in [0.29, 0.717) is 18.5 Å². The van der Waals surface area contributed by atoms with Crippen LogP contribution in [0, 0.1) is 5.41 Å². The SMILES string of the molecule is CN1C(=O)CCN(C(=O)c2ccccc2Br)C1C(C)(C)C. The lowest BCUT2D eigenvalue weighted by Crippen LogP contribution is -2.61. The van der Waals surface area contributed by atoms with Crippen LogP contribution in [0.1, 0.15) is 37.6 Å². The summed E-state index contributed by atoms with van der Waals surface area (Å²) in [6.07, 6.45) is 0.137. The Morgan fingerprint density at radius 1 is 1.29 bits per heavy atom.